The molecular weight excluding hydrogens is 210 g/mol. The summed E-state index contributed by atoms with van der Waals surface area (Å²) in [6.45, 7) is 8.29. The van der Waals surface area contributed by atoms with E-state index in [0.29, 0.717) is 12.0 Å². The van der Waals surface area contributed by atoms with Crippen molar-refractivity contribution in [3.63, 3.8) is 0 Å². The molecule has 0 spiro atoms. The minimum absolute atomic E-state index is 0.0900. The lowest BCUT2D eigenvalue weighted by atomic mass is 10.1. The third-order valence-electron chi connectivity index (χ3n) is 2.64. The quantitative estimate of drug-likeness (QED) is 0.620. The molecule has 1 atom stereocenters. The van der Waals surface area contributed by atoms with Crippen molar-refractivity contribution in [2.45, 2.75) is 46.2 Å². The minimum Gasteiger partial charge on any atom is -0.370 e. The highest BCUT2D eigenvalue weighted by Gasteiger charge is 2.04. The van der Waals surface area contributed by atoms with Gasteiger partial charge in [0.1, 0.15) is 0 Å². The molecule has 0 aliphatic carbocycles. The van der Waals surface area contributed by atoms with E-state index in [0.717, 1.165) is 6.42 Å². The van der Waals surface area contributed by atoms with Gasteiger partial charge in [-0.3, -0.25) is 0 Å². The SMILES string of the molecule is CCc1ccc(C(C)N=C(N)NC(C)C)cc1. The van der Waals surface area contributed by atoms with E-state index in [2.05, 4.69) is 48.4 Å². The van der Waals surface area contributed by atoms with E-state index in [9.17, 15) is 0 Å². The van der Waals surface area contributed by atoms with Gasteiger partial charge in [0, 0.05) is 6.04 Å². The van der Waals surface area contributed by atoms with Gasteiger partial charge in [-0.25, -0.2) is 4.99 Å². The lowest BCUT2D eigenvalue weighted by molar-refractivity contribution is 0.710. The van der Waals surface area contributed by atoms with Gasteiger partial charge >= 0.3 is 0 Å². The van der Waals surface area contributed by atoms with Gasteiger partial charge in [-0.1, -0.05) is 31.2 Å². The fourth-order valence-electron chi connectivity index (χ4n) is 1.65. The highest BCUT2D eigenvalue weighted by Crippen LogP contribution is 2.17. The summed E-state index contributed by atoms with van der Waals surface area (Å²) in [7, 11) is 0. The molecule has 3 nitrogen and oxygen atoms in total. The summed E-state index contributed by atoms with van der Waals surface area (Å²) in [5, 5.41) is 3.09. The highest BCUT2D eigenvalue weighted by atomic mass is 15.1. The van der Waals surface area contributed by atoms with Crippen LogP contribution in [0.15, 0.2) is 29.3 Å². The van der Waals surface area contributed by atoms with Crippen LogP contribution in [0.1, 0.15) is 44.9 Å². The number of aryl methyl sites for hydroxylation is 1. The molecule has 0 radical (unpaired) electrons. The third kappa shape index (κ3) is 4.47. The van der Waals surface area contributed by atoms with Gasteiger partial charge in [0.05, 0.1) is 6.04 Å². The lowest BCUT2D eigenvalue weighted by Gasteiger charge is -2.12. The Hall–Kier alpha value is -1.51. The second kappa shape index (κ2) is 6.28. The topological polar surface area (TPSA) is 50.4 Å². The maximum absolute atomic E-state index is 5.81. The van der Waals surface area contributed by atoms with Crippen molar-refractivity contribution >= 4 is 5.96 Å². The molecule has 1 aromatic rings. The summed E-state index contributed by atoms with van der Waals surface area (Å²) in [4.78, 5) is 4.43. The van der Waals surface area contributed by atoms with E-state index >= 15 is 0 Å². The number of hydrogen-bond donors (Lipinski definition) is 2. The molecule has 0 saturated carbocycles. The Kier molecular flexibility index (Phi) is 5.01. The molecule has 1 aromatic carbocycles. The number of rotatable bonds is 4. The predicted octanol–water partition coefficient (Wildman–Crippen LogP) is 2.62. The smallest absolute Gasteiger partial charge is 0.189 e. The van der Waals surface area contributed by atoms with Gasteiger partial charge in [0.2, 0.25) is 0 Å². The van der Waals surface area contributed by atoms with Crippen LogP contribution in [0.25, 0.3) is 0 Å². The van der Waals surface area contributed by atoms with Gasteiger partial charge in [0.25, 0.3) is 0 Å². The zero-order valence-corrected chi connectivity index (χ0v) is 11.2. The maximum atomic E-state index is 5.81. The molecule has 0 aliphatic rings. The molecule has 17 heavy (non-hydrogen) atoms. The van der Waals surface area contributed by atoms with Crippen molar-refractivity contribution < 1.29 is 0 Å². The fraction of sp³-hybridized carbons (Fsp3) is 0.500. The summed E-state index contributed by atoms with van der Waals surface area (Å²) in [6, 6.07) is 8.94. The first kappa shape index (κ1) is 13.6. The van der Waals surface area contributed by atoms with Crippen LogP contribution in [0, 0.1) is 0 Å². The fourth-order valence-corrected chi connectivity index (χ4v) is 1.65. The number of nitrogens with zero attached hydrogens (tertiary/aromatic N) is 1. The molecule has 0 aliphatic heterocycles. The van der Waals surface area contributed by atoms with Crippen molar-refractivity contribution in [2.75, 3.05) is 0 Å². The van der Waals surface area contributed by atoms with E-state index in [1.165, 1.54) is 11.1 Å². The molecule has 0 saturated heterocycles. The molecule has 1 unspecified atom stereocenters. The lowest BCUT2D eigenvalue weighted by Crippen LogP contribution is -2.36. The largest absolute Gasteiger partial charge is 0.370 e. The second-order valence-electron chi connectivity index (χ2n) is 4.58. The monoisotopic (exact) mass is 233 g/mol. The van der Waals surface area contributed by atoms with Crippen LogP contribution in [0.2, 0.25) is 0 Å². The number of hydrogen-bond acceptors (Lipinski definition) is 1. The summed E-state index contributed by atoms with van der Waals surface area (Å²) in [5.74, 6) is 0.507. The maximum Gasteiger partial charge on any atom is 0.189 e. The normalized spacial score (nSPS) is 13.8. The van der Waals surface area contributed by atoms with Gasteiger partial charge in [0.15, 0.2) is 5.96 Å². The zero-order chi connectivity index (χ0) is 12.8. The summed E-state index contributed by atoms with van der Waals surface area (Å²) in [5.41, 5.74) is 8.34. The van der Waals surface area contributed by atoms with E-state index in [1.54, 1.807) is 0 Å². The Balaban J connectivity index is 2.71. The number of aliphatic imine (C=N–C) groups is 1. The van der Waals surface area contributed by atoms with Gasteiger partial charge in [-0.15, -0.1) is 0 Å². The van der Waals surface area contributed by atoms with Crippen molar-refractivity contribution in [3.05, 3.63) is 35.4 Å². The van der Waals surface area contributed by atoms with Crippen molar-refractivity contribution in [3.8, 4) is 0 Å². The zero-order valence-electron chi connectivity index (χ0n) is 11.2. The first-order valence-corrected chi connectivity index (χ1v) is 6.21. The Labute approximate surface area is 104 Å². The van der Waals surface area contributed by atoms with Crippen LogP contribution in [0.3, 0.4) is 0 Å². The Morgan fingerprint density at radius 3 is 2.29 bits per heavy atom. The standard InChI is InChI=1S/C14H23N3/c1-5-12-6-8-13(9-7-12)11(4)17-14(15)16-10(2)3/h6-11H,5H2,1-4H3,(H3,15,16,17). The number of nitrogens with two attached hydrogens (primary N) is 1. The van der Waals surface area contributed by atoms with Crippen molar-refractivity contribution in [1.82, 2.24) is 5.32 Å². The van der Waals surface area contributed by atoms with Crippen molar-refractivity contribution in [2.24, 2.45) is 10.7 Å². The first-order valence-electron chi connectivity index (χ1n) is 6.21. The van der Waals surface area contributed by atoms with Crippen LogP contribution in [0.4, 0.5) is 0 Å². The molecule has 1 rings (SSSR count). The molecule has 0 fully saturated rings. The Morgan fingerprint density at radius 2 is 1.82 bits per heavy atom. The predicted molar refractivity (Wildman–Crippen MR) is 74.1 cm³/mol. The minimum atomic E-state index is 0.0900. The average molecular weight is 233 g/mol. The van der Waals surface area contributed by atoms with Crippen molar-refractivity contribution in [1.29, 1.82) is 0 Å². The Bertz CT molecular complexity index is 366. The van der Waals surface area contributed by atoms with Crippen LogP contribution in [-0.2, 0) is 6.42 Å². The third-order valence-corrected chi connectivity index (χ3v) is 2.64. The van der Waals surface area contributed by atoms with E-state index in [-0.39, 0.29) is 6.04 Å². The van der Waals surface area contributed by atoms with E-state index in [1.807, 2.05) is 13.8 Å². The molecule has 0 bridgehead atoms. The molecular formula is C14H23N3. The van der Waals surface area contributed by atoms with Gasteiger partial charge in [-0.2, -0.15) is 0 Å². The summed E-state index contributed by atoms with van der Waals surface area (Å²) in [6.07, 6.45) is 1.06. The highest BCUT2D eigenvalue weighted by molar-refractivity contribution is 5.78. The summed E-state index contributed by atoms with van der Waals surface area (Å²) < 4.78 is 0. The molecule has 0 heterocycles. The Morgan fingerprint density at radius 1 is 1.24 bits per heavy atom. The molecule has 0 amide bonds. The van der Waals surface area contributed by atoms with Crippen LogP contribution in [-0.4, -0.2) is 12.0 Å². The molecule has 0 aromatic heterocycles. The second-order valence-corrected chi connectivity index (χ2v) is 4.58. The molecule has 3 heteroatoms. The average Bonchev–Trinajstić information content (AvgIpc) is 2.28. The van der Waals surface area contributed by atoms with Crippen LogP contribution in [0.5, 0.6) is 0 Å². The molecule has 94 valence electrons. The number of guanidine groups is 1. The van der Waals surface area contributed by atoms with E-state index < -0.39 is 0 Å². The van der Waals surface area contributed by atoms with Crippen LogP contribution < -0.4 is 11.1 Å². The van der Waals surface area contributed by atoms with Gasteiger partial charge < -0.3 is 11.1 Å². The summed E-state index contributed by atoms with van der Waals surface area (Å²) >= 11 is 0. The van der Waals surface area contributed by atoms with Crippen LogP contribution >= 0.6 is 0 Å². The number of nitrogens with one attached hydrogen (secondary N) is 1. The van der Waals surface area contributed by atoms with E-state index in [4.69, 9.17) is 5.73 Å². The first-order chi connectivity index (χ1) is 8.02. The number of benzene rings is 1. The van der Waals surface area contributed by atoms with Gasteiger partial charge in [-0.05, 0) is 38.3 Å². The molecule has 3 N–H and O–H groups in total.